The highest BCUT2D eigenvalue weighted by Crippen LogP contribution is 2.29. The van der Waals surface area contributed by atoms with Gasteiger partial charge in [-0.3, -0.25) is 19.2 Å². The van der Waals surface area contributed by atoms with Crippen molar-refractivity contribution in [3.8, 4) is 0 Å². The smallest absolute Gasteiger partial charge is 0.245 e. The number of carbonyl (C=O) groups is 4. The lowest BCUT2D eigenvalue weighted by Gasteiger charge is -2.41. The third-order valence-corrected chi connectivity index (χ3v) is 8.98. The number of ether oxygens (including phenoxy) is 2. The topological polar surface area (TPSA) is 117 Å². The number of nitrogens with zero attached hydrogens (tertiary/aromatic N) is 2. The van der Waals surface area contributed by atoms with Crippen LogP contribution in [0, 0.1) is 23.7 Å². The van der Waals surface area contributed by atoms with Gasteiger partial charge in [-0.1, -0.05) is 54.9 Å². The van der Waals surface area contributed by atoms with Gasteiger partial charge in [-0.2, -0.15) is 0 Å². The maximum atomic E-state index is 13.9. The van der Waals surface area contributed by atoms with Crippen molar-refractivity contribution in [1.82, 2.24) is 20.4 Å². The molecule has 10 heteroatoms. The van der Waals surface area contributed by atoms with E-state index in [-0.39, 0.29) is 71.8 Å². The molecule has 0 aromatic carbocycles. The van der Waals surface area contributed by atoms with Crippen LogP contribution in [-0.2, 0) is 28.7 Å². The van der Waals surface area contributed by atoms with E-state index in [9.17, 15) is 19.2 Å². The number of amides is 3. The molecule has 41 heavy (non-hydrogen) atoms. The summed E-state index contributed by atoms with van der Waals surface area (Å²) in [5.74, 6) is -0.840. The van der Waals surface area contributed by atoms with Crippen molar-refractivity contribution in [2.45, 2.75) is 117 Å². The molecule has 1 aliphatic rings. The van der Waals surface area contributed by atoms with Gasteiger partial charge < -0.3 is 29.9 Å². The second kappa shape index (κ2) is 17.2. The maximum absolute atomic E-state index is 13.9. The fourth-order valence-electron chi connectivity index (χ4n) is 6.13. The molecule has 0 aromatic rings. The third kappa shape index (κ3) is 9.48. The Labute approximate surface area is 248 Å². The van der Waals surface area contributed by atoms with Crippen molar-refractivity contribution in [3.63, 3.8) is 0 Å². The Morgan fingerprint density at radius 2 is 1.56 bits per heavy atom. The predicted octanol–water partition coefficient (Wildman–Crippen LogP) is 2.88. The monoisotopic (exact) mass is 582 g/mol. The molecular weight excluding hydrogens is 524 g/mol. The van der Waals surface area contributed by atoms with E-state index in [1.807, 2.05) is 39.5 Å². The molecule has 10 nitrogen and oxygen atoms in total. The first-order chi connectivity index (χ1) is 19.2. The molecule has 1 fully saturated rings. The average Bonchev–Trinajstić information content (AvgIpc) is 3.40. The van der Waals surface area contributed by atoms with Crippen molar-refractivity contribution in [2.24, 2.45) is 23.7 Å². The van der Waals surface area contributed by atoms with Gasteiger partial charge in [0.2, 0.25) is 17.7 Å². The Bertz CT molecular complexity index is 866. The van der Waals surface area contributed by atoms with E-state index in [2.05, 4.69) is 24.5 Å². The molecule has 1 unspecified atom stereocenters. The van der Waals surface area contributed by atoms with Crippen LogP contribution in [0.1, 0.15) is 81.1 Å². The summed E-state index contributed by atoms with van der Waals surface area (Å²) in [6, 6.07) is -1.72. The highest BCUT2D eigenvalue weighted by Gasteiger charge is 2.42. The van der Waals surface area contributed by atoms with Gasteiger partial charge in [0, 0.05) is 33.7 Å². The Morgan fingerprint density at radius 3 is 2.00 bits per heavy atom. The highest BCUT2D eigenvalue weighted by atomic mass is 16.5. The summed E-state index contributed by atoms with van der Waals surface area (Å²) < 4.78 is 11.7. The van der Waals surface area contributed by atoms with Crippen LogP contribution < -0.4 is 10.6 Å². The number of hydrogen-bond acceptors (Lipinski definition) is 7. The van der Waals surface area contributed by atoms with Crippen molar-refractivity contribution in [1.29, 1.82) is 0 Å². The van der Waals surface area contributed by atoms with Crippen LogP contribution >= 0.6 is 0 Å². The SMILES string of the molecule is CC[C@@H](C)[C@H]([C@H](CC(=O)N1CCCC1[C@@H](OC)[C@H](C)C(C)=O)OC)N(C)C(=O)[C@H](NC(=O)[C@H](NC)C(C)C)C(C)C. The quantitative estimate of drug-likeness (QED) is 0.271. The van der Waals surface area contributed by atoms with E-state index >= 15 is 0 Å². The summed E-state index contributed by atoms with van der Waals surface area (Å²) in [4.78, 5) is 56.4. The van der Waals surface area contributed by atoms with Crippen LogP contribution in [0.4, 0.5) is 0 Å². The van der Waals surface area contributed by atoms with E-state index in [0.717, 1.165) is 19.3 Å². The zero-order chi connectivity index (χ0) is 31.6. The molecule has 2 N–H and O–H groups in total. The number of nitrogens with one attached hydrogen (secondary N) is 2. The molecule has 238 valence electrons. The van der Waals surface area contributed by atoms with Gasteiger partial charge in [-0.05, 0) is 44.6 Å². The van der Waals surface area contributed by atoms with Gasteiger partial charge in [-0.25, -0.2) is 0 Å². The number of rotatable bonds is 17. The maximum Gasteiger partial charge on any atom is 0.245 e. The summed E-state index contributed by atoms with van der Waals surface area (Å²) in [5, 5.41) is 6.02. The number of hydrogen-bond donors (Lipinski definition) is 2. The lowest BCUT2D eigenvalue weighted by Crippen LogP contribution is -2.59. The van der Waals surface area contributed by atoms with Crippen molar-refractivity contribution >= 4 is 23.5 Å². The van der Waals surface area contributed by atoms with Gasteiger partial charge in [0.15, 0.2) is 0 Å². The molecule has 1 heterocycles. The molecule has 3 amide bonds. The largest absolute Gasteiger partial charge is 0.379 e. The van der Waals surface area contributed by atoms with E-state index < -0.39 is 18.2 Å². The van der Waals surface area contributed by atoms with Gasteiger partial charge >= 0.3 is 0 Å². The second-order valence-electron chi connectivity index (χ2n) is 12.4. The highest BCUT2D eigenvalue weighted by molar-refractivity contribution is 5.90. The van der Waals surface area contributed by atoms with E-state index in [1.54, 1.807) is 40.1 Å². The minimum Gasteiger partial charge on any atom is -0.379 e. The molecule has 0 radical (unpaired) electrons. The van der Waals surface area contributed by atoms with Crippen LogP contribution in [0.15, 0.2) is 0 Å². The van der Waals surface area contributed by atoms with Crippen molar-refractivity contribution < 1.29 is 28.7 Å². The average molecular weight is 583 g/mol. The number of methoxy groups -OCH3 is 2. The molecule has 1 rings (SSSR count). The lowest BCUT2D eigenvalue weighted by atomic mass is 9.89. The summed E-state index contributed by atoms with van der Waals surface area (Å²) in [5.41, 5.74) is 0. The molecule has 0 bridgehead atoms. The van der Waals surface area contributed by atoms with E-state index in [4.69, 9.17) is 9.47 Å². The Kier molecular flexibility index (Phi) is 15.5. The van der Waals surface area contributed by atoms with Crippen LogP contribution in [0.3, 0.4) is 0 Å². The van der Waals surface area contributed by atoms with E-state index in [1.165, 1.54) is 0 Å². The molecule has 0 aromatic heterocycles. The molecule has 0 aliphatic carbocycles. The number of ketones is 1. The normalized spacial score (nSPS) is 20.7. The van der Waals surface area contributed by atoms with Gasteiger partial charge in [0.1, 0.15) is 11.8 Å². The number of carbonyl (C=O) groups excluding carboxylic acids is 4. The minimum absolute atomic E-state index is 0.0316. The molecule has 0 saturated carbocycles. The molecule has 1 saturated heterocycles. The number of likely N-dealkylation sites (tertiary alicyclic amines) is 1. The summed E-state index contributed by atoms with van der Waals surface area (Å²) in [7, 11) is 6.64. The summed E-state index contributed by atoms with van der Waals surface area (Å²) in [6.45, 7) is 15.8. The zero-order valence-electron chi connectivity index (χ0n) is 27.7. The molecule has 0 spiro atoms. The standard InChI is InChI=1S/C31H58N4O6/c1-13-20(6)28(34(10)31(39)27(19(4)5)33-30(38)26(32-9)18(2)3)24(40-11)17-25(37)35-16-14-15-23(35)29(41-12)21(7)22(8)36/h18-21,23-24,26-29,32H,13-17H2,1-12H3,(H,33,38)/t20-,21-,23?,24+,26-,27-,28-,29+/m1/s1. The second-order valence-corrected chi connectivity index (χ2v) is 12.4. The van der Waals surface area contributed by atoms with Gasteiger partial charge in [0.25, 0.3) is 0 Å². The van der Waals surface area contributed by atoms with Crippen LogP contribution in [-0.4, -0.2) is 105 Å². The van der Waals surface area contributed by atoms with Crippen LogP contribution in [0.25, 0.3) is 0 Å². The Morgan fingerprint density at radius 1 is 0.976 bits per heavy atom. The Hall–Kier alpha value is -2.04. The summed E-state index contributed by atoms with van der Waals surface area (Å²) in [6.07, 6.45) is 1.55. The first kappa shape index (κ1) is 37.0. The van der Waals surface area contributed by atoms with Crippen molar-refractivity contribution in [2.75, 3.05) is 34.9 Å². The third-order valence-electron chi connectivity index (χ3n) is 8.98. The minimum atomic E-state index is -0.722. The molecule has 8 atom stereocenters. The first-order valence-corrected chi connectivity index (χ1v) is 15.3. The van der Waals surface area contributed by atoms with Crippen LogP contribution in [0.5, 0.6) is 0 Å². The number of likely N-dealkylation sites (N-methyl/N-ethyl adjacent to an activating group) is 2. The molecule has 1 aliphatic heterocycles. The number of Topliss-reactive ketones (excluding diaryl/α,β-unsaturated/α-hetero) is 1. The zero-order valence-corrected chi connectivity index (χ0v) is 27.7. The lowest BCUT2D eigenvalue weighted by molar-refractivity contribution is -0.147. The Balaban J connectivity index is 3.24. The first-order valence-electron chi connectivity index (χ1n) is 15.3. The fourth-order valence-corrected chi connectivity index (χ4v) is 6.13. The van der Waals surface area contributed by atoms with Gasteiger partial charge in [-0.15, -0.1) is 0 Å². The molecular formula is C31H58N4O6. The van der Waals surface area contributed by atoms with E-state index in [0.29, 0.717) is 6.54 Å². The van der Waals surface area contributed by atoms with Crippen LogP contribution in [0.2, 0.25) is 0 Å². The fraction of sp³-hybridized carbons (Fsp3) is 0.871. The summed E-state index contributed by atoms with van der Waals surface area (Å²) >= 11 is 0. The van der Waals surface area contributed by atoms with Crippen molar-refractivity contribution in [3.05, 3.63) is 0 Å². The predicted molar refractivity (Wildman–Crippen MR) is 161 cm³/mol. The van der Waals surface area contributed by atoms with Gasteiger partial charge in [0.05, 0.1) is 36.8 Å².